The third kappa shape index (κ3) is 3.75. The van der Waals surface area contributed by atoms with E-state index in [9.17, 15) is 4.39 Å². The summed E-state index contributed by atoms with van der Waals surface area (Å²) in [6.45, 7) is 5.01. The van der Waals surface area contributed by atoms with Crippen LogP contribution in [-0.4, -0.2) is 18.1 Å². The van der Waals surface area contributed by atoms with Gasteiger partial charge >= 0.3 is 0 Å². The van der Waals surface area contributed by atoms with Gasteiger partial charge in [0.05, 0.1) is 4.47 Å². The number of thioether (sulfide) groups is 1. The van der Waals surface area contributed by atoms with Crippen LogP contribution in [0.1, 0.15) is 25.5 Å². The highest BCUT2D eigenvalue weighted by Crippen LogP contribution is 2.26. The molecule has 0 saturated heterocycles. The molecule has 0 amide bonds. The van der Waals surface area contributed by atoms with Crippen LogP contribution in [0.4, 0.5) is 4.39 Å². The summed E-state index contributed by atoms with van der Waals surface area (Å²) in [5.41, 5.74) is 0.747. The van der Waals surface area contributed by atoms with Crippen molar-refractivity contribution in [2.24, 2.45) is 0 Å². The molecule has 1 aromatic rings. The summed E-state index contributed by atoms with van der Waals surface area (Å²) < 4.78 is 14.4. The van der Waals surface area contributed by atoms with Crippen molar-refractivity contribution >= 4 is 27.7 Å². The molecule has 0 aromatic heterocycles. The third-order valence-electron chi connectivity index (χ3n) is 2.30. The SMILES string of the molecule is CCNC(CSCC)c1cccc(Br)c1F. The number of halogens is 2. The molecule has 90 valence electrons. The smallest absolute Gasteiger partial charge is 0.142 e. The molecule has 0 aliphatic carbocycles. The van der Waals surface area contributed by atoms with E-state index in [0.29, 0.717) is 4.47 Å². The van der Waals surface area contributed by atoms with Crippen LogP contribution in [0.3, 0.4) is 0 Å². The first kappa shape index (κ1) is 14.0. The Bertz CT molecular complexity index is 333. The summed E-state index contributed by atoms with van der Waals surface area (Å²) in [7, 11) is 0. The fourth-order valence-corrected chi connectivity index (χ4v) is 2.68. The average molecular weight is 306 g/mol. The van der Waals surface area contributed by atoms with E-state index in [4.69, 9.17) is 0 Å². The number of hydrogen-bond acceptors (Lipinski definition) is 2. The zero-order valence-electron chi connectivity index (χ0n) is 9.59. The predicted molar refractivity (Wildman–Crippen MR) is 73.5 cm³/mol. The van der Waals surface area contributed by atoms with Gasteiger partial charge < -0.3 is 5.32 Å². The quantitative estimate of drug-likeness (QED) is 0.853. The minimum absolute atomic E-state index is 0.0902. The minimum Gasteiger partial charge on any atom is -0.309 e. The van der Waals surface area contributed by atoms with Gasteiger partial charge in [0.2, 0.25) is 0 Å². The van der Waals surface area contributed by atoms with Crippen molar-refractivity contribution in [2.75, 3.05) is 18.1 Å². The van der Waals surface area contributed by atoms with Gasteiger partial charge in [-0.3, -0.25) is 0 Å². The number of nitrogens with one attached hydrogen (secondary N) is 1. The summed E-state index contributed by atoms with van der Waals surface area (Å²) in [4.78, 5) is 0. The Labute approximate surface area is 109 Å². The summed E-state index contributed by atoms with van der Waals surface area (Å²) >= 11 is 5.05. The van der Waals surface area contributed by atoms with Crippen LogP contribution < -0.4 is 5.32 Å². The topological polar surface area (TPSA) is 12.0 Å². The van der Waals surface area contributed by atoms with Crippen molar-refractivity contribution < 1.29 is 4.39 Å². The summed E-state index contributed by atoms with van der Waals surface area (Å²) in [5.74, 6) is 1.81. The third-order valence-corrected chi connectivity index (χ3v) is 3.89. The molecule has 0 aliphatic heterocycles. The molecule has 0 radical (unpaired) electrons. The van der Waals surface area contributed by atoms with E-state index in [-0.39, 0.29) is 11.9 Å². The van der Waals surface area contributed by atoms with Crippen molar-refractivity contribution in [1.29, 1.82) is 0 Å². The normalized spacial score (nSPS) is 12.8. The van der Waals surface area contributed by atoms with Crippen LogP contribution in [0, 0.1) is 5.82 Å². The second-order valence-corrected chi connectivity index (χ2v) is 5.59. The predicted octanol–water partition coefficient (Wildman–Crippen LogP) is 3.99. The largest absolute Gasteiger partial charge is 0.309 e. The molecule has 0 heterocycles. The van der Waals surface area contributed by atoms with Gasteiger partial charge in [-0.15, -0.1) is 0 Å². The molecule has 1 aromatic carbocycles. The van der Waals surface area contributed by atoms with Crippen molar-refractivity contribution in [3.8, 4) is 0 Å². The van der Waals surface area contributed by atoms with Crippen LogP contribution >= 0.6 is 27.7 Å². The van der Waals surface area contributed by atoms with Crippen molar-refractivity contribution in [1.82, 2.24) is 5.32 Å². The second kappa shape index (κ2) is 7.30. The molecule has 0 spiro atoms. The molecule has 1 rings (SSSR count). The van der Waals surface area contributed by atoms with Crippen LogP contribution in [0.2, 0.25) is 0 Å². The lowest BCUT2D eigenvalue weighted by Crippen LogP contribution is -2.24. The molecule has 4 heteroatoms. The molecular weight excluding hydrogens is 289 g/mol. The van der Waals surface area contributed by atoms with Crippen LogP contribution in [0.15, 0.2) is 22.7 Å². The van der Waals surface area contributed by atoms with Gasteiger partial charge in [0.1, 0.15) is 5.82 Å². The molecule has 1 N–H and O–H groups in total. The molecule has 16 heavy (non-hydrogen) atoms. The van der Waals surface area contributed by atoms with Gasteiger partial charge in [0, 0.05) is 17.4 Å². The van der Waals surface area contributed by atoms with E-state index in [1.807, 2.05) is 30.8 Å². The van der Waals surface area contributed by atoms with Crippen LogP contribution in [0.25, 0.3) is 0 Å². The van der Waals surface area contributed by atoms with Crippen LogP contribution in [-0.2, 0) is 0 Å². The van der Waals surface area contributed by atoms with E-state index in [1.54, 1.807) is 6.07 Å². The fraction of sp³-hybridized carbons (Fsp3) is 0.500. The van der Waals surface area contributed by atoms with Crippen molar-refractivity contribution in [3.05, 3.63) is 34.1 Å². The standard InChI is InChI=1S/C12H17BrFNS/c1-3-15-11(8-16-4-2)9-6-5-7-10(13)12(9)14/h5-7,11,15H,3-4,8H2,1-2H3. The molecule has 1 unspecified atom stereocenters. The average Bonchev–Trinajstić information content (AvgIpc) is 2.28. The zero-order valence-corrected chi connectivity index (χ0v) is 12.0. The van der Waals surface area contributed by atoms with Gasteiger partial charge in [-0.1, -0.05) is 26.0 Å². The first-order valence-corrected chi connectivity index (χ1v) is 7.40. The Morgan fingerprint density at radius 3 is 2.81 bits per heavy atom. The highest BCUT2D eigenvalue weighted by Gasteiger charge is 2.15. The van der Waals surface area contributed by atoms with E-state index in [2.05, 4.69) is 28.2 Å². The molecule has 1 nitrogen and oxygen atoms in total. The summed E-state index contributed by atoms with van der Waals surface area (Å²) in [6.07, 6.45) is 0. The van der Waals surface area contributed by atoms with E-state index in [1.165, 1.54) is 0 Å². The summed E-state index contributed by atoms with van der Waals surface area (Å²) in [5, 5.41) is 3.32. The van der Waals surface area contributed by atoms with Gasteiger partial charge in [-0.2, -0.15) is 11.8 Å². The maximum Gasteiger partial charge on any atom is 0.142 e. The minimum atomic E-state index is -0.148. The highest BCUT2D eigenvalue weighted by atomic mass is 79.9. The van der Waals surface area contributed by atoms with Crippen molar-refractivity contribution in [2.45, 2.75) is 19.9 Å². The lowest BCUT2D eigenvalue weighted by molar-refractivity contribution is 0.542. The highest BCUT2D eigenvalue weighted by molar-refractivity contribution is 9.10. The molecular formula is C12H17BrFNS. The van der Waals surface area contributed by atoms with Crippen LogP contribution in [0.5, 0.6) is 0 Å². The fourth-order valence-electron chi connectivity index (χ4n) is 1.53. The monoisotopic (exact) mass is 305 g/mol. The lowest BCUT2D eigenvalue weighted by atomic mass is 10.1. The molecule has 0 fully saturated rings. The van der Waals surface area contributed by atoms with E-state index in [0.717, 1.165) is 23.6 Å². The molecule has 0 bridgehead atoms. The summed E-state index contributed by atoms with van der Waals surface area (Å²) in [6, 6.07) is 5.55. The first-order chi connectivity index (χ1) is 7.70. The maximum atomic E-state index is 13.9. The van der Waals surface area contributed by atoms with Gasteiger partial charge in [-0.05, 0) is 34.3 Å². The lowest BCUT2D eigenvalue weighted by Gasteiger charge is -2.18. The van der Waals surface area contributed by atoms with E-state index < -0.39 is 0 Å². The number of rotatable bonds is 6. The Morgan fingerprint density at radius 2 is 2.19 bits per heavy atom. The second-order valence-electron chi connectivity index (χ2n) is 3.41. The van der Waals surface area contributed by atoms with E-state index >= 15 is 0 Å². The Kier molecular flexibility index (Phi) is 6.39. The van der Waals surface area contributed by atoms with Crippen molar-refractivity contribution in [3.63, 3.8) is 0 Å². The molecule has 1 atom stereocenters. The van der Waals surface area contributed by atoms with Gasteiger partial charge in [0.15, 0.2) is 0 Å². The van der Waals surface area contributed by atoms with Gasteiger partial charge in [0.25, 0.3) is 0 Å². The Balaban J connectivity index is 2.86. The maximum absolute atomic E-state index is 13.9. The Hall–Kier alpha value is -0.0600. The first-order valence-electron chi connectivity index (χ1n) is 5.45. The Morgan fingerprint density at radius 1 is 1.44 bits per heavy atom. The number of benzene rings is 1. The molecule has 0 saturated carbocycles. The molecule has 0 aliphatic rings. The van der Waals surface area contributed by atoms with Gasteiger partial charge in [-0.25, -0.2) is 4.39 Å². The zero-order chi connectivity index (χ0) is 12.0. The number of hydrogen-bond donors (Lipinski definition) is 1.